The fraction of sp³-hybridized carbons (Fsp3) is 0.400. The van der Waals surface area contributed by atoms with E-state index >= 15 is 0 Å². The maximum Gasteiger partial charge on any atom is 0.262 e. The minimum Gasteiger partial charge on any atom is -0.368 e. The lowest BCUT2D eigenvalue weighted by atomic mass is 9.92. The molecule has 0 aliphatic heterocycles. The van der Waals surface area contributed by atoms with Crippen LogP contribution in [0.25, 0.3) is 10.9 Å². The van der Waals surface area contributed by atoms with Crippen molar-refractivity contribution in [3.63, 3.8) is 0 Å². The number of primary amides is 1. The first-order valence-electron chi connectivity index (χ1n) is 11.0. The Kier molecular flexibility index (Phi) is 7.23. The SMILES string of the molecule is CC[C@@H](C)c1ccc([C@H]([NH2+]Cc2nc3ccccc3c(=O)n2CC(N)=O)C(C)C)cc1. The van der Waals surface area contributed by atoms with Crippen molar-refractivity contribution in [3.05, 3.63) is 75.8 Å². The Labute approximate surface area is 183 Å². The van der Waals surface area contributed by atoms with Gasteiger partial charge in [0.15, 0.2) is 5.82 Å². The van der Waals surface area contributed by atoms with E-state index < -0.39 is 5.91 Å². The first-order valence-corrected chi connectivity index (χ1v) is 11.0. The molecule has 0 aliphatic rings. The summed E-state index contributed by atoms with van der Waals surface area (Å²) in [7, 11) is 0. The zero-order valence-electron chi connectivity index (χ0n) is 18.8. The molecule has 0 unspecified atom stereocenters. The van der Waals surface area contributed by atoms with Crippen molar-refractivity contribution < 1.29 is 10.1 Å². The highest BCUT2D eigenvalue weighted by molar-refractivity contribution is 5.78. The van der Waals surface area contributed by atoms with Gasteiger partial charge in [0.1, 0.15) is 19.1 Å². The first-order chi connectivity index (χ1) is 14.8. The Bertz CT molecular complexity index is 1100. The van der Waals surface area contributed by atoms with Crippen LogP contribution in [0.4, 0.5) is 0 Å². The molecule has 1 heterocycles. The van der Waals surface area contributed by atoms with E-state index in [9.17, 15) is 9.59 Å². The number of hydrogen-bond donors (Lipinski definition) is 2. The van der Waals surface area contributed by atoms with Crippen molar-refractivity contribution in [1.29, 1.82) is 0 Å². The third-order valence-electron chi connectivity index (χ3n) is 6.03. The summed E-state index contributed by atoms with van der Waals surface area (Å²) in [4.78, 5) is 29.3. The zero-order chi connectivity index (χ0) is 22.5. The molecule has 0 spiro atoms. The average Bonchev–Trinajstić information content (AvgIpc) is 2.75. The summed E-state index contributed by atoms with van der Waals surface area (Å²) in [6, 6.07) is 16.2. The summed E-state index contributed by atoms with van der Waals surface area (Å²) >= 11 is 0. The normalized spacial score (nSPS) is 13.5. The molecule has 1 amide bonds. The second-order valence-electron chi connectivity index (χ2n) is 8.59. The molecule has 0 radical (unpaired) electrons. The number of fused-ring (bicyclic) bond motifs is 1. The Balaban J connectivity index is 1.91. The second-order valence-corrected chi connectivity index (χ2v) is 8.59. The number of rotatable bonds is 9. The number of benzene rings is 2. The molecule has 0 saturated carbocycles. The van der Waals surface area contributed by atoms with Gasteiger partial charge in [-0.15, -0.1) is 0 Å². The lowest BCUT2D eigenvalue weighted by Crippen LogP contribution is -2.85. The molecule has 1 aromatic heterocycles. The van der Waals surface area contributed by atoms with Crippen molar-refractivity contribution in [2.75, 3.05) is 0 Å². The van der Waals surface area contributed by atoms with Crippen LogP contribution in [0.5, 0.6) is 0 Å². The van der Waals surface area contributed by atoms with Gasteiger partial charge in [-0.1, -0.05) is 64.1 Å². The Morgan fingerprint density at radius 3 is 2.32 bits per heavy atom. The number of aromatic nitrogens is 2. The van der Waals surface area contributed by atoms with Crippen LogP contribution in [0.15, 0.2) is 53.3 Å². The van der Waals surface area contributed by atoms with E-state index in [2.05, 4.69) is 62.3 Å². The maximum absolute atomic E-state index is 13.0. The van der Waals surface area contributed by atoms with Crippen LogP contribution in [0.1, 0.15) is 63.0 Å². The van der Waals surface area contributed by atoms with Crippen LogP contribution in [0.2, 0.25) is 0 Å². The lowest BCUT2D eigenvalue weighted by Gasteiger charge is -2.21. The third kappa shape index (κ3) is 5.20. The van der Waals surface area contributed by atoms with E-state index in [1.165, 1.54) is 15.7 Å². The van der Waals surface area contributed by atoms with E-state index in [0.29, 0.717) is 35.1 Å². The number of nitrogens with two attached hydrogens (primary N) is 2. The Morgan fingerprint density at radius 2 is 1.71 bits per heavy atom. The van der Waals surface area contributed by atoms with E-state index in [0.717, 1.165) is 6.42 Å². The number of amides is 1. The average molecular weight is 422 g/mol. The molecule has 0 aliphatic carbocycles. The molecule has 0 saturated heterocycles. The topological polar surface area (TPSA) is 94.6 Å². The third-order valence-corrected chi connectivity index (χ3v) is 6.03. The van der Waals surface area contributed by atoms with Crippen LogP contribution in [0, 0.1) is 5.92 Å². The number of quaternary nitrogens is 1. The highest BCUT2D eigenvalue weighted by atomic mass is 16.2. The van der Waals surface area contributed by atoms with Crippen molar-refractivity contribution in [3.8, 4) is 0 Å². The highest BCUT2D eigenvalue weighted by Crippen LogP contribution is 2.23. The van der Waals surface area contributed by atoms with Crippen molar-refractivity contribution >= 4 is 16.8 Å². The standard InChI is InChI=1S/C25H32N4O2/c1-5-17(4)18-10-12-19(13-11-18)24(16(2)3)27-14-23-28-21-9-7-6-8-20(21)25(31)29(23)15-22(26)30/h6-13,16-17,24,27H,5,14-15H2,1-4H3,(H2,26,30)/p+1/t17-,24-/m1/s1. The summed E-state index contributed by atoms with van der Waals surface area (Å²) in [5.74, 6) is 0.928. The van der Waals surface area contributed by atoms with Gasteiger partial charge < -0.3 is 11.1 Å². The number of para-hydroxylation sites is 1. The lowest BCUT2D eigenvalue weighted by molar-refractivity contribution is -0.718. The maximum atomic E-state index is 13.0. The molecule has 4 N–H and O–H groups in total. The molecular weight excluding hydrogens is 388 g/mol. The van der Waals surface area contributed by atoms with E-state index in [-0.39, 0.29) is 18.1 Å². The molecule has 6 nitrogen and oxygen atoms in total. The van der Waals surface area contributed by atoms with Crippen LogP contribution in [0.3, 0.4) is 0 Å². The summed E-state index contributed by atoms with van der Waals surface area (Å²) in [5, 5.41) is 2.69. The van der Waals surface area contributed by atoms with Gasteiger partial charge in [0.2, 0.25) is 5.91 Å². The van der Waals surface area contributed by atoms with Gasteiger partial charge >= 0.3 is 0 Å². The minimum absolute atomic E-state index is 0.171. The van der Waals surface area contributed by atoms with Gasteiger partial charge in [-0.3, -0.25) is 14.2 Å². The summed E-state index contributed by atoms with van der Waals surface area (Å²) < 4.78 is 1.41. The largest absolute Gasteiger partial charge is 0.368 e. The number of hydrogen-bond acceptors (Lipinski definition) is 3. The van der Waals surface area contributed by atoms with Crippen molar-refractivity contribution in [1.82, 2.24) is 9.55 Å². The van der Waals surface area contributed by atoms with Crippen molar-refractivity contribution in [2.24, 2.45) is 11.7 Å². The molecule has 31 heavy (non-hydrogen) atoms. The Hall–Kier alpha value is -2.99. The molecule has 164 valence electrons. The van der Waals surface area contributed by atoms with Gasteiger partial charge in [-0.2, -0.15) is 0 Å². The molecule has 0 bridgehead atoms. The summed E-state index contributed by atoms with van der Waals surface area (Å²) in [5.41, 5.74) is 8.41. The quantitative estimate of drug-likeness (QED) is 0.556. The van der Waals surface area contributed by atoms with Gasteiger partial charge in [-0.25, -0.2) is 4.98 Å². The molecule has 3 rings (SSSR count). The fourth-order valence-corrected chi connectivity index (χ4v) is 4.00. The predicted octanol–water partition coefficient (Wildman–Crippen LogP) is 2.86. The van der Waals surface area contributed by atoms with E-state index in [1.54, 1.807) is 12.1 Å². The predicted molar refractivity (Wildman–Crippen MR) is 124 cm³/mol. The summed E-state index contributed by atoms with van der Waals surface area (Å²) in [6.07, 6.45) is 1.12. The van der Waals surface area contributed by atoms with E-state index in [1.807, 2.05) is 12.1 Å². The molecule has 0 fully saturated rings. The number of carbonyl (C=O) groups is 1. The van der Waals surface area contributed by atoms with Crippen LogP contribution in [-0.2, 0) is 17.9 Å². The smallest absolute Gasteiger partial charge is 0.262 e. The second kappa shape index (κ2) is 9.88. The number of carbonyl (C=O) groups excluding carboxylic acids is 1. The zero-order valence-corrected chi connectivity index (χ0v) is 18.8. The van der Waals surface area contributed by atoms with Gasteiger partial charge in [0.05, 0.1) is 10.9 Å². The fourth-order valence-electron chi connectivity index (χ4n) is 4.00. The van der Waals surface area contributed by atoms with Gasteiger partial charge in [-0.05, 0) is 30.0 Å². The number of nitrogens with zero attached hydrogens (tertiary/aromatic N) is 2. The van der Waals surface area contributed by atoms with Gasteiger partial charge in [0.25, 0.3) is 5.56 Å². The Morgan fingerprint density at radius 1 is 1.06 bits per heavy atom. The first kappa shape index (κ1) is 22.7. The van der Waals surface area contributed by atoms with Crippen LogP contribution in [-0.4, -0.2) is 15.5 Å². The van der Waals surface area contributed by atoms with Crippen molar-refractivity contribution in [2.45, 2.75) is 59.2 Å². The molecule has 6 heteroatoms. The molecule has 2 atom stereocenters. The highest BCUT2D eigenvalue weighted by Gasteiger charge is 2.22. The molecule has 2 aromatic carbocycles. The monoisotopic (exact) mass is 421 g/mol. The van der Waals surface area contributed by atoms with Crippen LogP contribution >= 0.6 is 0 Å². The summed E-state index contributed by atoms with van der Waals surface area (Å²) in [6.45, 7) is 9.12. The van der Waals surface area contributed by atoms with Gasteiger partial charge in [0, 0.05) is 11.5 Å². The van der Waals surface area contributed by atoms with E-state index in [4.69, 9.17) is 5.73 Å². The molecule has 3 aromatic rings. The molecular formula is C25H33N4O2+. The van der Waals surface area contributed by atoms with Crippen LogP contribution < -0.4 is 16.6 Å². The minimum atomic E-state index is -0.554.